The molecule has 0 radical (unpaired) electrons. The number of fused-ring (bicyclic) bond motifs is 4. The number of hydrogen-bond acceptors (Lipinski definition) is 5. The van der Waals surface area contributed by atoms with Crippen molar-refractivity contribution in [2.24, 2.45) is 0 Å². The highest BCUT2D eigenvalue weighted by Gasteiger charge is 2.34. The van der Waals surface area contributed by atoms with Gasteiger partial charge in [0.1, 0.15) is 11.3 Å². The van der Waals surface area contributed by atoms with E-state index in [1.165, 1.54) is 0 Å². The number of para-hydroxylation sites is 1. The van der Waals surface area contributed by atoms with Crippen LogP contribution in [0.15, 0.2) is 69.9 Å². The predicted octanol–water partition coefficient (Wildman–Crippen LogP) is 4.40. The van der Waals surface area contributed by atoms with Gasteiger partial charge in [-0.05, 0) is 29.1 Å². The van der Waals surface area contributed by atoms with E-state index in [9.17, 15) is 9.59 Å². The lowest BCUT2D eigenvalue weighted by molar-refractivity contribution is -0.135. The number of methoxy groups -OCH3 is 1. The van der Waals surface area contributed by atoms with Gasteiger partial charge in [0.25, 0.3) is 0 Å². The zero-order valence-electron chi connectivity index (χ0n) is 15.1. The summed E-state index contributed by atoms with van der Waals surface area (Å²) in [5.74, 6) is 0.220. The molecule has 0 N–H and O–H groups in total. The summed E-state index contributed by atoms with van der Waals surface area (Å²) in [7, 11) is 1.62. The van der Waals surface area contributed by atoms with Crippen LogP contribution in [0.5, 0.6) is 11.5 Å². The Kier molecular flexibility index (Phi) is 3.69. The van der Waals surface area contributed by atoms with Gasteiger partial charge in [0.05, 0.1) is 24.5 Å². The second kappa shape index (κ2) is 6.23. The van der Waals surface area contributed by atoms with Crippen LogP contribution in [0.1, 0.15) is 23.5 Å². The molecule has 0 spiro atoms. The van der Waals surface area contributed by atoms with Gasteiger partial charge in [0.15, 0.2) is 5.75 Å². The topological polar surface area (TPSA) is 65.7 Å². The molecule has 0 aliphatic carbocycles. The first-order chi connectivity index (χ1) is 13.7. The van der Waals surface area contributed by atoms with Gasteiger partial charge in [-0.3, -0.25) is 4.79 Å². The van der Waals surface area contributed by atoms with Crippen molar-refractivity contribution < 1.29 is 18.7 Å². The Morgan fingerprint density at radius 2 is 1.61 bits per heavy atom. The van der Waals surface area contributed by atoms with Gasteiger partial charge >= 0.3 is 11.6 Å². The first-order valence-electron chi connectivity index (χ1n) is 8.99. The number of ether oxygens (including phenoxy) is 2. The van der Waals surface area contributed by atoms with Gasteiger partial charge in [-0.25, -0.2) is 4.79 Å². The average molecular weight is 372 g/mol. The average Bonchev–Trinajstić information content (AvgIpc) is 2.72. The predicted molar refractivity (Wildman–Crippen MR) is 105 cm³/mol. The van der Waals surface area contributed by atoms with Crippen molar-refractivity contribution in [3.05, 3.63) is 82.2 Å². The summed E-state index contributed by atoms with van der Waals surface area (Å²) in [5.41, 5.74) is 1.18. The first-order valence-corrected chi connectivity index (χ1v) is 8.99. The van der Waals surface area contributed by atoms with Crippen molar-refractivity contribution in [2.45, 2.75) is 12.3 Å². The summed E-state index contributed by atoms with van der Waals surface area (Å²) in [6.45, 7) is 0. The van der Waals surface area contributed by atoms with Crippen molar-refractivity contribution in [1.82, 2.24) is 0 Å². The summed E-state index contributed by atoms with van der Waals surface area (Å²) >= 11 is 0. The van der Waals surface area contributed by atoms with E-state index in [1.54, 1.807) is 25.3 Å². The van der Waals surface area contributed by atoms with Gasteiger partial charge in [-0.15, -0.1) is 0 Å². The minimum Gasteiger partial charge on any atom is -0.496 e. The number of hydrogen-bond donors (Lipinski definition) is 0. The molecular formula is C23H16O5. The summed E-state index contributed by atoms with van der Waals surface area (Å²) < 4.78 is 16.5. The van der Waals surface area contributed by atoms with E-state index in [0.717, 1.165) is 22.1 Å². The number of rotatable bonds is 2. The number of esters is 1. The minimum absolute atomic E-state index is 0.0758. The molecule has 0 fully saturated rings. The molecule has 3 aromatic carbocycles. The van der Waals surface area contributed by atoms with Gasteiger partial charge in [-0.2, -0.15) is 0 Å². The fraction of sp³-hybridized carbons (Fsp3) is 0.130. The second-order valence-corrected chi connectivity index (χ2v) is 6.76. The van der Waals surface area contributed by atoms with Crippen LogP contribution >= 0.6 is 0 Å². The van der Waals surface area contributed by atoms with Crippen LogP contribution in [0, 0.1) is 0 Å². The minimum atomic E-state index is -0.480. The van der Waals surface area contributed by atoms with Gasteiger partial charge in [-0.1, -0.05) is 42.5 Å². The van der Waals surface area contributed by atoms with E-state index < -0.39 is 11.5 Å². The third-order valence-electron chi connectivity index (χ3n) is 5.25. The zero-order chi connectivity index (χ0) is 19.3. The molecule has 5 heteroatoms. The maximum atomic E-state index is 12.8. The Hall–Kier alpha value is -3.60. The highest BCUT2D eigenvalue weighted by Crippen LogP contribution is 2.43. The molecule has 0 saturated carbocycles. The maximum absolute atomic E-state index is 12.8. The Morgan fingerprint density at radius 1 is 0.893 bits per heavy atom. The SMILES string of the molecule is COc1ccc([C@H]2CC(=O)Oc3c2c(=O)oc2ccccc32)c2ccccc12. The second-order valence-electron chi connectivity index (χ2n) is 6.76. The molecule has 1 aliphatic heterocycles. The highest BCUT2D eigenvalue weighted by atomic mass is 16.5. The third kappa shape index (κ3) is 2.40. The lowest BCUT2D eigenvalue weighted by Gasteiger charge is -2.25. The molecule has 138 valence electrons. The third-order valence-corrected chi connectivity index (χ3v) is 5.25. The standard InChI is InChI=1S/C23H16O5/c1-26-18-11-10-14(13-6-2-3-7-15(13)18)17-12-20(24)28-22-16-8-4-5-9-19(16)27-23(25)21(17)22/h2-11,17H,12H2,1H3/t17-/m1/s1. The van der Waals surface area contributed by atoms with E-state index >= 15 is 0 Å². The maximum Gasteiger partial charge on any atom is 0.343 e. The molecule has 1 atom stereocenters. The van der Waals surface area contributed by atoms with E-state index in [-0.39, 0.29) is 12.4 Å². The van der Waals surface area contributed by atoms with Crippen LogP contribution in [-0.4, -0.2) is 13.1 Å². The van der Waals surface area contributed by atoms with Crippen LogP contribution in [-0.2, 0) is 4.79 Å². The summed E-state index contributed by atoms with van der Waals surface area (Å²) in [6.07, 6.45) is 0.0758. The van der Waals surface area contributed by atoms with E-state index in [4.69, 9.17) is 13.9 Å². The van der Waals surface area contributed by atoms with Crippen molar-refractivity contribution in [3.8, 4) is 11.5 Å². The zero-order valence-corrected chi connectivity index (χ0v) is 15.1. The molecule has 0 amide bonds. The van der Waals surface area contributed by atoms with Crippen LogP contribution < -0.4 is 15.1 Å². The lowest BCUT2D eigenvalue weighted by atomic mass is 9.84. The van der Waals surface area contributed by atoms with Crippen molar-refractivity contribution in [1.29, 1.82) is 0 Å². The quantitative estimate of drug-likeness (QED) is 0.385. The fourth-order valence-corrected chi connectivity index (χ4v) is 4.01. The summed E-state index contributed by atoms with van der Waals surface area (Å²) in [4.78, 5) is 25.3. The van der Waals surface area contributed by atoms with E-state index in [1.807, 2.05) is 42.5 Å². The van der Waals surface area contributed by atoms with E-state index in [0.29, 0.717) is 22.3 Å². The largest absolute Gasteiger partial charge is 0.496 e. The molecule has 5 rings (SSSR count). The molecule has 28 heavy (non-hydrogen) atoms. The van der Waals surface area contributed by atoms with Crippen LogP contribution in [0.3, 0.4) is 0 Å². The lowest BCUT2D eigenvalue weighted by Crippen LogP contribution is -2.26. The molecule has 0 saturated heterocycles. The molecule has 4 aromatic rings. The van der Waals surface area contributed by atoms with Crippen LogP contribution in [0.25, 0.3) is 21.7 Å². The Bertz CT molecular complexity index is 1300. The van der Waals surface area contributed by atoms with Crippen molar-refractivity contribution in [3.63, 3.8) is 0 Å². The number of benzene rings is 3. The molecule has 1 aromatic heterocycles. The molecule has 0 bridgehead atoms. The van der Waals surface area contributed by atoms with E-state index in [2.05, 4.69) is 0 Å². The molecule has 1 aliphatic rings. The Labute approximate surface area is 160 Å². The monoisotopic (exact) mass is 372 g/mol. The molecule has 2 heterocycles. The number of carbonyl (C=O) groups excluding carboxylic acids is 1. The van der Waals surface area contributed by atoms with Crippen LogP contribution in [0.4, 0.5) is 0 Å². The van der Waals surface area contributed by atoms with Gasteiger partial charge in [0.2, 0.25) is 0 Å². The van der Waals surface area contributed by atoms with Crippen molar-refractivity contribution >= 4 is 27.7 Å². The molecule has 5 nitrogen and oxygen atoms in total. The highest BCUT2D eigenvalue weighted by molar-refractivity contribution is 5.94. The summed E-state index contributed by atoms with van der Waals surface area (Å²) in [6, 6.07) is 18.6. The van der Waals surface area contributed by atoms with Crippen molar-refractivity contribution in [2.75, 3.05) is 7.11 Å². The fourth-order valence-electron chi connectivity index (χ4n) is 4.01. The van der Waals surface area contributed by atoms with Gasteiger partial charge in [0, 0.05) is 11.3 Å². The first kappa shape index (κ1) is 16.6. The molecular weight excluding hydrogens is 356 g/mol. The van der Waals surface area contributed by atoms with Crippen LogP contribution in [0.2, 0.25) is 0 Å². The number of carbonyl (C=O) groups is 1. The normalized spacial score (nSPS) is 16.0. The smallest absolute Gasteiger partial charge is 0.343 e. The Morgan fingerprint density at radius 3 is 2.39 bits per heavy atom. The Balaban J connectivity index is 1.83. The molecule has 0 unspecified atom stereocenters. The summed E-state index contributed by atoms with van der Waals surface area (Å²) in [5, 5.41) is 2.47. The van der Waals surface area contributed by atoms with Gasteiger partial charge < -0.3 is 13.9 Å².